The quantitative estimate of drug-likeness (QED) is 0.628. The summed E-state index contributed by atoms with van der Waals surface area (Å²) in [4.78, 5) is 11.0. The highest BCUT2D eigenvalue weighted by Gasteiger charge is 2.21. The van der Waals surface area contributed by atoms with Gasteiger partial charge in [-0.15, -0.1) is 0 Å². The van der Waals surface area contributed by atoms with Gasteiger partial charge in [-0.05, 0) is 24.6 Å². The summed E-state index contributed by atoms with van der Waals surface area (Å²) >= 11 is 0. The van der Waals surface area contributed by atoms with Crippen LogP contribution in [-0.4, -0.2) is 18.5 Å². The first-order chi connectivity index (χ1) is 7.16. The lowest BCUT2D eigenvalue weighted by atomic mass is 10.1. The second kappa shape index (κ2) is 3.81. The number of hydrogen-bond acceptors (Lipinski definition) is 3. The number of nitrogens with one attached hydrogen (secondary N) is 2. The van der Waals surface area contributed by atoms with Gasteiger partial charge in [0.2, 0.25) is 5.91 Å². The van der Waals surface area contributed by atoms with Crippen molar-refractivity contribution in [1.82, 2.24) is 5.32 Å². The Morgan fingerprint density at radius 1 is 1.53 bits per heavy atom. The maximum Gasteiger partial charge on any atom is 0.222 e. The van der Waals surface area contributed by atoms with Gasteiger partial charge in [0, 0.05) is 24.3 Å². The standard InChI is InChI=1S/C11H15N3O/c1-7-9(12)3-2-4-10(7)14-8-5-11(15)13-6-8/h2-4,8,14H,5-6,12H2,1H3,(H,13,15). The van der Waals surface area contributed by atoms with Crippen LogP contribution in [0.5, 0.6) is 0 Å². The monoisotopic (exact) mass is 205 g/mol. The minimum Gasteiger partial charge on any atom is -0.398 e. The molecule has 0 bridgehead atoms. The molecule has 0 saturated carbocycles. The van der Waals surface area contributed by atoms with Crippen molar-refractivity contribution >= 4 is 17.3 Å². The van der Waals surface area contributed by atoms with Crippen LogP contribution in [0.3, 0.4) is 0 Å². The van der Waals surface area contributed by atoms with Gasteiger partial charge in [0.15, 0.2) is 0 Å². The summed E-state index contributed by atoms with van der Waals surface area (Å²) in [5, 5.41) is 6.11. The van der Waals surface area contributed by atoms with Crippen molar-refractivity contribution < 1.29 is 4.79 Å². The van der Waals surface area contributed by atoms with E-state index in [9.17, 15) is 4.79 Å². The van der Waals surface area contributed by atoms with E-state index in [0.29, 0.717) is 13.0 Å². The van der Waals surface area contributed by atoms with Gasteiger partial charge >= 0.3 is 0 Å². The van der Waals surface area contributed by atoms with Gasteiger partial charge < -0.3 is 16.4 Å². The number of benzene rings is 1. The van der Waals surface area contributed by atoms with Crippen molar-refractivity contribution in [3.05, 3.63) is 23.8 Å². The Morgan fingerprint density at radius 3 is 3.00 bits per heavy atom. The first-order valence-electron chi connectivity index (χ1n) is 5.05. The van der Waals surface area contributed by atoms with Gasteiger partial charge in [0.1, 0.15) is 0 Å². The SMILES string of the molecule is Cc1c(N)cccc1NC1CNC(=O)C1. The smallest absolute Gasteiger partial charge is 0.222 e. The Hall–Kier alpha value is -1.71. The van der Waals surface area contributed by atoms with Gasteiger partial charge in [0.25, 0.3) is 0 Å². The van der Waals surface area contributed by atoms with Crippen LogP contribution in [0.4, 0.5) is 11.4 Å². The van der Waals surface area contributed by atoms with Crippen molar-refractivity contribution in [2.45, 2.75) is 19.4 Å². The highest BCUT2D eigenvalue weighted by molar-refractivity contribution is 5.80. The molecule has 1 atom stereocenters. The molecule has 1 unspecified atom stereocenters. The predicted molar refractivity (Wildman–Crippen MR) is 60.6 cm³/mol. The van der Waals surface area contributed by atoms with Gasteiger partial charge in [-0.1, -0.05) is 6.07 Å². The van der Waals surface area contributed by atoms with Crippen LogP contribution in [0, 0.1) is 6.92 Å². The number of amides is 1. The molecule has 0 aromatic heterocycles. The number of anilines is 2. The second-order valence-electron chi connectivity index (χ2n) is 3.87. The number of carbonyl (C=O) groups is 1. The van der Waals surface area contributed by atoms with Crippen molar-refractivity contribution in [2.24, 2.45) is 0 Å². The number of rotatable bonds is 2. The van der Waals surface area contributed by atoms with Crippen LogP contribution in [0.1, 0.15) is 12.0 Å². The molecular weight excluding hydrogens is 190 g/mol. The van der Waals surface area contributed by atoms with E-state index in [4.69, 9.17) is 5.73 Å². The molecule has 0 aliphatic carbocycles. The van der Waals surface area contributed by atoms with E-state index in [-0.39, 0.29) is 11.9 Å². The number of hydrogen-bond donors (Lipinski definition) is 3. The number of nitrogen functional groups attached to an aromatic ring is 1. The molecule has 1 aromatic carbocycles. The van der Waals surface area contributed by atoms with Crippen LogP contribution in [0.15, 0.2) is 18.2 Å². The molecule has 4 N–H and O–H groups in total. The highest BCUT2D eigenvalue weighted by Crippen LogP contribution is 2.22. The Kier molecular flexibility index (Phi) is 2.49. The summed E-state index contributed by atoms with van der Waals surface area (Å²) in [6, 6.07) is 5.94. The predicted octanol–water partition coefficient (Wildman–Crippen LogP) is 0.878. The topological polar surface area (TPSA) is 67.2 Å². The van der Waals surface area contributed by atoms with E-state index in [0.717, 1.165) is 16.9 Å². The highest BCUT2D eigenvalue weighted by atomic mass is 16.1. The van der Waals surface area contributed by atoms with Crippen molar-refractivity contribution in [3.8, 4) is 0 Å². The summed E-state index contributed by atoms with van der Waals surface area (Å²) in [6.45, 7) is 2.66. The van der Waals surface area contributed by atoms with Gasteiger partial charge in [-0.25, -0.2) is 0 Å². The Bertz CT molecular complexity index is 389. The summed E-state index contributed by atoms with van der Waals surface area (Å²) in [6.07, 6.45) is 0.536. The molecule has 1 aromatic rings. The fourth-order valence-corrected chi connectivity index (χ4v) is 1.74. The molecule has 1 fully saturated rings. The van der Waals surface area contributed by atoms with Crippen LogP contribution in [0.25, 0.3) is 0 Å². The summed E-state index contributed by atoms with van der Waals surface area (Å²) < 4.78 is 0. The van der Waals surface area contributed by atoms with Crippen LogP contribution in [-0.2, 0) is 4.79 Å². The Morgan fingerprint density at radius 2 is 2.33 bits per heavy atom. The first-order valence-corrected chi connectivity index (χ1v) is 5.05. The molecule has 2 rings (SSSR count). The average Bonchev–Trinajstić information content (AvgIpc) is 2.59. The third kappa shape index (κ3) is 2.03. The van der Waals surface area contributed by atoms with E-state index in [1.54, 1.807) is 0 Å². The van der Waals surface area contributed by atoms with Crippen LogP contribution >= 0.6 is 0 Å². The maximum absolute atomic E-state index is 11.0. The molecule has 1 heterocycles. The minimum atomic E-state index is 0.106. The molecule has 1 aliphatic rings. The van der Waals surface area contributed by atoms with Gasteiger partial charge in [0.05, 0.1) is 6.04 Å². The van der Waals surface area contributed by atoms with Crippen LogP contribution in [0.2, 0.25) is 0 Å². The number of carbonyl (C=O) groups excluding carboxylic acids is 1. The fraction of sp³-hybridized carbons (Fsp3) is 0.364. The zero-order chi connectivity index (χ0) is 10.8. The van der Waals surface area contributed by atoms with E-state index in [2.05, 4.69) is 10.6 Å². The molecule has 4 heteroatoms. The summed E-state index contributed by atoms with van der Waals surface area (Å²) in [7, 11) is 0. The van der Waals surface area contributed by atoms with Gasteiger partial charge in [-0.3, -0.25) is 4.79 Å². The van der Waals surface area contributed by atoms with Crippen molar-refractivity contribution in [3.63, 3.8) is 0 Å². The Balaban J connectivity index is 2.11. The zero-order valence-corrected chi connectivity index (χ0v) is 8.71. The second-order valence-corrected chi connectivity index (χ2v) is 3.87. The molecule has 0 radical (unpaired) electrons. The molecular formula is C11H15N3O. The average molecular weight is 205 g/mol. The third-order valence-electron chi connectivity index (χ3n) is 2.71. The molecule has 4 nitrogen and oxygen atoms in total. The lowest BCUT2D eigenvalue weighted by Crippen LogP contribution is -2.22. The first kappa shape index (κ1) is 9.83. The molecule has 80 valence electrons. The molecule has 1 aliphatic heterocycles. The van der Waals surface area contributed by atoms with E-state index < -0.39 is 0 Å². The van der Waals surface area contributed by atoms with Crippen molar-refractivity contribution in [1.29, 1.82) is 0 Å². The lowest BCUT2D eigenvalue weighted by molar-refractivity contribution is -0.119. The van der Waals surface area contributed by atoms with Crippen LogP contribution < -0.4 is 16.4 Å². The zero-order valence-electron chi connectivity index (χ0n) is 8.71. The molecule has 15 heavy (non-hydrogen) atoms. The van der Waals surface area contributed by atoms with Crippen molar-refractivity contribution in [2.75, 3.05) is 17.6 Å². The van der Waals surface area contributed by atoms with E-state index >= 15 is 0 Å². The lowest BCUT2D eigenvalue weighted by Gasteiger charge is -2.15. The van der Waals surface area contributed by atoms with Gasteiger partial charge in [-0.2, -0.15) is 0 Å². The molecule has 1 saturated heterocycles. The van der Waals surface area contributed by atoms with E-state index in [1.807, 2.05) is 25.1 Å². The van der Waals surface area contributed by atoms with E-state index in [1.165, 1.54) is 0 Å². The number of nitrogens with two attached hydrogens (primary N) is 1. The summed E-state index contributed by atoms with van der Waals surface area (Å²) in [5.41, 5.74) is 8.62. The minimum absolute atomic E-state index is 0.106. The maximum atomic E-state index is 11.0. The fourth-order valence-electron chi connectivity index (χ4n) is 1.74. The summed E-state index contributed by atoms with van der Waals surface area (Å²) in [5.74, 6) is 0.106. The largest absolute Gasteiger partial charge is 0.398 e. The normalized spacial score (nSPS) is 20.1. The third-order valence-corrected chi connectivity index (χ3v) is 2.71. The Labute approximate surface area is 88.9 Å². The molecule has 1 amide bonds. The molecule has 0 spiro atoms.